The van der Waals surface area contributed by atoms with E-state index in [0.717, 1.165) is 12.1 Å². The number of anilines is 1. The number of hydrogen-bond acceptors (Lipinski definition) is 2. The number of nitrogens with zero attached hydrogens (tertiary/aromatic N) is 2. The van der Waals surface area contributed by atoms with Crippen molar-refractivity contribution in [2.45, 2.75) is 32.7 Å². The second-order valence-corrected chi connectivity index (χ2v) is 6.81. The number of carbonyl (C=O) groups is 1. The van der Waals surface area contributed by atoms with E-state index in [-0.39, 0.29) is 28.1 Å². The van der Waals surface area contributed by atoms with Crippen molar-refractivity contribution in [2.24, 2.45) is 4.99 Å². The number of nitrogens with one attached hydrogen (secondary N) is 3. The van der Waals surface area contributed by atoms with Crippen LogP contribution in [-0.4, -0.2) is 27.6 Å². The summed E-state index contributed by atoms with van der Waals surface area (Å²) in [5.41, 5.74) is -0.898. The van der Waals surface area contributed by atoms with Crippen LogP contribution in [0.2, 0.25) is 5.02 Å². The van der Waals surface area contributed by atoms with E-state index in [4.69, 9.17) is 11.6 Å². The van der Waals surface area contributed by atoms with E-state index in [0.29, 0.717) is 0 Å². The molecule has 2 rings (SSSR count). The van der Waals surface area contributed by atoms with E-state index in [1.165, 1.54) is 12.1 Å². The summed E-state index contributed by atoms with van der Waals surface area (Å²) >= 11 is 5.59. The van der Waals surface area contributed by atoms with Crippen LogP contribution in [0, 0.1) is 5.82 Å². The zero-order chi connectivity index (χ0) is 19.5. The normalized spacial score (nSPS) is 12.4. The molecule has 2 aromatic rings. The van der Waals surface area contributed by atoms with Crippen molar-refractivity contribution in [1.82, 2.24) is 15.5 Å². The molecule has 0 aliphatic rings. The number of guanidine groups is 1. The third-order valence-corrected chi connectivity index (χ3v) is 3.26. The van der Waals surface area contributed by atoms with Crippen LogP contribution >= 0.6 is 11.6 Å². The van der Waals surface area contributed by atoms with Crippen LogP contribution in [0.25, 0.3) is 0 Å². The number of H-pyrrole nitrogens is 1. The van der Waals surface area contributed by atoms with Crippen molar-refractivity contribution in [2.75, 3.05) is 5.32 Å². The van der Waals surface area contributed by atoms with E-state index < -0.39 is 23.7 Å². The van der Waals surface area contributed by atoms with E-state index >= 15 is 0 Å². The lowest BCUT2D eigenvalue weighted by Gasteiger charge is -2.23. The fourth-order valence-electron chi connectivity index (χ4n) is 1.87. The molecule has 0 spiro atoms. The SMILES string of the molecule is CC(C)(C)N/C(=N/C(=O)c1ccc(Cl)c(F)c1)Nc1cc(C(F)F)[nH]n1. The first-order chi connectivity index (χ1) is 12.0. The predicted molar refractivity (Wildman–Crippen MR) is 93.2 cm³/mol. The predicted octanol–water partition coefficient (Wildman–Crippen LogP) is 4.14. The van der Waals surface area contributed by atoms with Crippen LogP contribution in [0.1, 0.15) is 43.2 Å². The molecule has 1 amide bonds. The Bertz CT molecular complexity index is 830. The maximum Gasteiger partial charge on any atom is 0.280 e. The standard InChI is InChI=1S/C16H17ClF3N5O/c1-16(2,3)23-15(21-12-7-11(13(19)20)24-25-12)22-14(26)8-4-5-9(17)10(18)6-8/h4-7,13H,1-3H3,(H3,21,22,23,24,25,26). The molecule has 140 valence electrons. The first-order valence-corrected chi connectivity index (χ1v) is 7.89. The van der Waals surface area contributed by atoms with Crippen molar-refractivity contribution < 1.29 is 18.0 Å². The number of aromatic nitrogens is 2. The summed E-state index contributed by atoms with van der Waals surface area (Å²) in [6.45, 7) is 5.43. The molecule has 1 aromatic carbocycles. The number of hydrogen-bond donors (Lipinski definition) is 3. The molecule has 1 heterocycles. The Labute approximate surface area is 152 Å². The van der Waals surface area contributed by atoms with Crippen LogP contribution in [-0.2, 0) is 0 Å². The van der Waals surface area contributed by atoms with Gasteiger partial charge in [0, 0.05) is 17.2 Å². The van der Waals surface area contributed by atoms with Crippen LogP contribution in [0.15, 0.2) is 29.3 Å². The van der Waals surface area contributed by atoms with Crippen molar-refractivity contribution >= 4 is 29.3 Å². The largest absolute Gasteiger partial charge is 0.351 e. The molecule has 0 bridgehead atoms. The van der Waals surface area contributed by atoms with Gasteiger partial charge < -0.3 is 10.6 Å². The van der Waals surface area contributed by atoms with Crippen molar-refractivity contribution in [3.8, 4) is 0 Å². The summed E-state index contributed by atoms with van der Waals surface area (Å²) in [6.07, 6.45) is -2.72. The summed E-state index contributed by atoms with van der Waals surface area (Å²) in [5.74, 6) is -1.47. The molecule has 0 saturated heterocycles. The molecule has 0 saturated carbocycles. The van der Waals surface area contributed by atoms with Gasteiger partial charge in [0.25, 0.3) is 12.3 Å². The molecular formula is C16H17ClF3N5O. The van der Waals surface area contributed by atoms with Gasteiger partial charge in [0.15, 0.2) is 5.82 Å². The van der Waals surface area contributed by atoms with E-state index in [9.17, 15) is 18.0 Å². The Morgan fingerprint density at radius 1 is 1.31 bits per heavy atom. The summed E-state index contributed by atoms with van der Waals surface area (Å²) in [6, 6.07) is 4.63. The van der Waals surface area contributed by atoms with E-state index in [2.05, 4.69) is 25.8 Å². The Balaban J connectivity index is 2.28. The first-order valence-electron chi connectivity index (χ1n) is 7.52. The zero-order valence-corrected chi connectivity index (χ0v) is 15.0. The highest BCUT2D eigenvalue weighted by atomic mass is 35.5. The molecule has 0 unspecified atom stereocenters. The van der Waals surface area contributed by atoms with E-state index in [1.807, 2.05) is 20.8 Å². The molecule has 3 N–H and O–H groups in total. The molecule has 26 heavy (non-hydrogen) atoms. The smallest absolute Gasteiger partial charge is 0.280 e. The molecular weight excluding hydrogens is 371 g/mol. The first kappa shape index (κ1) is 19.8. The number of benzene rings is 1. The van der Waals surface area contributed by atoms with Crippen molar-refractivity contribution in [1.29, 1.82) is 0 Å². The van der Waals surface area contributed by atoms with Gasteiger partial charge in [0.1, 0.15) is 11.5 Å². The van der Waals surface area contributed by atoms with Gasteiger partial charge in [0.2, 0.25) is 5.96 Å². The minimum Gasteiger partial charge on any atom is -0.351 e. The van der Waals surface area contributed by atoms with Crippen LogP contribution in [0.5, 0.6) is 0 Å². The van der Waals surface area contributed by atoms with Crippen LogP contribution in [0.3, 0.4) is 0 Å². The number of carbonyl (C=O) groups excluding carboxylic acids is 1. The number of alkyl halides is 2. The monoisotopic (exact) mass is 387 g/mol. The molecule has 0 aliphatic carbocycles. The van der Waals surface area contributed by atoms with Crippen molar-refractivity contribution in [3.63, 3.8) is 0 Å². The minimum absolute atomic E-state index is 0.0165. The highest BCUT2D eigenvalue weighted by molar-refractivity contribution is 6.30. The van der Waals surface area contributed by atoms with Crippen molar-refractivity contribution in [3.05, 3.63) is 46.4 Å². The topological polar surface area (TPSA) is 82.2 Å². The summed E-state index contributed by atoms with van der Waals surface area (Å²) in [7, 11) is 0. The van der Waals surface area contributed by atoms with Crippen LogP contribution < -0.4 is 10.6 Å². The summed E-state index contributed by atoms with van der Waals surface area (Å²) < 4.78 is 38.8. The van der Waals surface area contributed by atoms with Gasteiger partial charge in [-0.1, -0.05) is 11.6 Å². The van der Waals surface area contributed by atoms with Gasteiger partial charge in [-0.3, -0.25) is 9.89 Å². The molecule has 0 fully saturated rings. The third kappa shape index (κ3) is 5.48. The maximum absolute atomic E-state index is 13.5. The molecule has 0 atom stereocenters. The van der Waals surface area contributed by atoms with Gasteiger partial charge in [-0.05, 0) is 39.0 Å². The molecule has 0 aliphatic heterocycles. The number of rotatable bonds is 3. The summed E-state index contributed by atoms with van der Waals surface area (Å²) in [5, 5.41) is 11.3. The quantitative estimate of drug-likeness (QED) is 0.546. The molecule has 10 heteroatoms. The zero-order valence-electron chi connectivity index (χ0n) is 14.2. The van der Waals surface area contributed by atoms with Gasteiger partial charge in [-0.15, -0.1) is 0 Å². The fourth-order valence-corrected chi connectivity index (χ4v) is 1.99. The van der Waals surface area contributed by atoms with Gasteiger partial charge >= 0.3 is 0 Å². The third-order valence-electron chi connectivity index (χ3n) is 2.95. The number of halogens is 4. The Hall–Kier alpha value is -2.55. The van der Waals surface area contributed by atoms with Gasteiger partial charge in [0.05, 0.1) is 5.02 Å². The number of aliphatic imine (C=N–C) groups is 1. The lowest BCUT2D eigenvalue weighted by molar-refractivity contribution is 0.100. The molecule has 6 nitrogen and oxygen atoms in total. The lowest BCUT2D eigenvalue weighted by Crippen LogP contribution is -2.44. The second-order valence-electron chi connectivity index (χ2n) is 6.40. The number of aromatic amines is 1. The highest BCUT2D eigenvalue weighted by Crippen LogP contribution is 2.19. The average molecular weight is 388 g/mol. The Morgan fingerprint density at radius 2 is 2.00 bits per heavy atom. The minimum atomic E-state index is -2.72. The van der Waals surface area contributed by atoms with E-state index in [1.54, 1.807) is 0 Å². The van der Waals surface area contributed by atoms with Gasteiger partial charge in [-0.25, -0.2) is 13.2 Å². The fraction of sp³-hybridized carbons (Fsp3) is 0.312. The van der Waals surface area contributed by atoms with Crippen LogP contribution in [0.4, 0.5) is 19.0 Å². The Kier molecular flexibility index (Phi) is 5.91. The second kappa shape index (κ2) is 7.77. The molecule has 0 radical (unpaired) electrons. The number of amides is 1. The average Bonchev–Trinajstić information content (AvgIpc) is 2.97. The van der Waals surface area contributed by atoms with Gasteiger partial charge in [-0.2, -0.15) is 10.1 Å². The highest BCUT2D eigenvalue weighted by Gasteiger charge is 2.17. The summed E-state index contributed by atoms with van der Waals surface area (Å²) in [4.78, 5) is 16.1. The lowest BCUT2D eigenvalue weighted by atomic mass is 10.1. The Morgan fingerprint density at radius 3 is 2.54 bits per heavy atom. The molecule has 1 aromatic heterocycles. The maximum atomic E-state index is 13.5.